The van der Waals surface area contributed by atoms with E-state index in [2.05, 4.69) is 10.1 Å². The molecule has 0 saturated heterocycles. The molecule has 1 aromatic heterocycles. The number of benzene rings is 3. The number of nitrogens with zero attached hydrogens (tertiary/aromatic N) is 3. The van der Waals surface area contributed by atoms with Gasteiger partial charge in [-0.25, -0.2) is 4.79 Å². The third kappa shape index (κ3) is 4.25. The fraction of sp³-hybridized carbons (Fsp3) is 0.0455. The van der Waals surface area contributed by atoms with Crippen LogP contribution < -0.4 is 16.0 Å². The maximum atomic E-state index is 12.6. The highest BCUT2D eigenvalue weighted by molar-refractivity contribution is 5.83. The van der Waals surface area contributed by atoms with Crippen molar-refractivity contribution in [2.75, 3.05) is 0 Å². The molecule has 3 aromatic carbocycles. The molecule has 31 heavy (non-hydrogen) atoms. The molecular weight excluding hydrogens is 400 g/mol. The van der Waals surface area contributed by atoms with E-state index in [0.717, 1.165) is 10.2 Å². The van der Waals surface area contributed by atoms with Crippen molar-refractivity contribution in [3.8, 4) is 5.75 Å². The van der Waals surface area contributed by atoms with Crippen molar-refractivity contribution in [2.45, 2.75) is 6.61 Å². The number of H-pyrrole nitrogens is 1. The van der Waals surface area contributed by atoms with Crippen LogP contribution in [0.15, 0.2) is 87.5 Å². The van der Waals surface area contributed by atoms with Crippen LogP contribution in [0, 0.1) is 10.1 Å². The van der Waals surface area contributed by atoms with E-state index < -0.39 is 16.2 Å². The largest absolute Gasteiger partial charge is 0.488 e. The van der Waals surface area contributed by atoms with Crippen LogP contribution >= 0.6 is 0 Å². The summed E-state index contributed by atoms with van der Waals surface area (Å²) in [5, 5.41) is 15.2. The Labute approximate surface area is 175 Å². The van der Waals surface area contributed by atoms with Gasteiger partial charge in [0.1, 0.15) is 12.4 Å². The molecule has 154 valence electrons. The number of rotatable bonds is 6. The quantitative estimate of drug-likeness (QED) is 0.294. The molecule has 0 saturated carbocycles. The molecule has 1 heterocycles. The molecule has 9 heteroatoms. The van der Waals surface area contributed by atoms with Crippen molar-refractivity contribution in [1.29, 1.82) is 0 Å². The second-order valence-corrected chi connectivity index (χ2v) is 6.59. The van der Waals surface area contributed by atoms with Crippen LogP contribution in [0.4, 0.5) is 5.69 Å². The van der Waals surface area contributed by atoms with E-state index in [1.165, 1.54) is 18.3 Å². The van der Waals surface area contributed by atoms with Gasteiger partial charge in [0.25, 0.3) is 11.2 Å². The third-order valence-electron chi connectivity index (χ3n) is 4.56. The van der Waals surface area contributed by atoms with Crippen LogP contribution in [0.3, 0.4) is 0 Å². The summed E-state index contributed by atoms with van der Waals surface area (Å²) < 4.78 is 6.57. The summed E-state index contributed by atoms with van der Waals surface area (Å²) in [6.07, 6.45) is 1.37. The van der Waals surface area contributed by atoms with Crippen LogP contribution in [0.5, 0.6) is 5.75 Å². The summed E-state index contributed by atoms with van der Waals surface area (Å²) in [7, 11) is 0. The van der Waals surface area contributed by atoms with E-state index in [9.17, 15) is 19.7 Å². The fourth-order valence-electron chi connectivity index (χ4n) is 2.97. The number of para-hydroxylation sites is 2. The standard InChI is InChI=1S/C22H16N4O5/c27-21-18-6-2-3-7-19(18)24-22(28)25(21)23-13-16-5-1-4-8-20(16)31-14-15-9-11-17(12-10-15)26(29)30/h1-13H,14H2,(H,24,28). The van der Waals surface area contributed by atoms with Crippen molar-refractivity contribution in [3.05, 3.63) is 115 Å². The SMILES string of the molecule is O=c1[nH]c2ccccc2c(=O)n1N=Cc1ccccc1OCc1ccc([N+](=O)[O-])cc1. The minimum absolute atomic E-state index is 0.00216. The van der Waals surface area contributed by atoms with E-state index in [0.29, 0.717) is 22.2 Å². The molecular formula is C22H16N4O5. The van der Waals surface area contributed by atoms with E-state index >= 15 is 0 Å². The van der Waals surface area contributed by atoms with E-state index in [4.69, 9.17) is 4.74 Å². The molecule has 9 nitrogen and oxygen atoms in total. The molecule has 4 aromatic rings. The highest BCUT2D eigenvalue weighted by atomic mass is 16.6. The summed E-state index contributed by atoms with van der Waals surface area (Å²) in [6, 6.07) is 19.7. The Bertz CT molecular complexity index is 1400. The third-order valence-corrected chi connectivity index (χ3v) is 4.56. The highest BCUT2D eigenvalue weighted by Gasteiger charge is 2.08. The average molecular weight is 416 g/mol. The van der Waals surface area contributed by atoms with Crippen LogP contribution in [0.1, 0.15) is 11.1 Å². The van der Waals surface area contributed by atoms with Gasteiger partial charge in [-0.3, -0.25) is 14.9 Å². The van der Waals surface area contributed by atoms with Gasteiger partial charge < -0.3 is 9.72 Å². The van der Waals surface area contributed by atoms with Gasteiger partial charge in [0.05, 0.1) is 22.0 Å². The Morgan fingerprint density at radius 1 is 1.00 bits per heavy atom. The van der Waals surface area contributed by atoms with Gasteiger partial charge in [0, 0.05) is 17.7 Å². The first-order chi connectivity index (χ1) is 15.0. The van der Waals surface area contributed by atoms with Crippen LogP contribution in [0.2, 0.25) is 0 Å². The van der Waals surface area contributed by atoms with Gasteiger partial charge in [0.2, 0.25) is 0 Å². The van der Waals surface area contributed by atoms with Crippen molar-refractivity contribution in [2.24, 2.45) is 5.10 Å². The molecule has 0 amide bonds. The van der Waals surface area contributed by atoms with Crippen LogP contribution in [-0.2, 0) is 6.61 Å². The van der Waals surface area contributed by atoms with Crippen molar-refractivity contribution in [3.63, 3.8) is 0 Å². The summed E-state index contributed by atoms with van der Waals surface area (Å²) in [4.78, 5) is 37.8. The molecule has 0 spiro atoms. The van der Waals surface area contributed by atoms with Gasteiger partial charge in [-0.2, -0.15) is 5.10 Å². The Hall–Kier alpha value is -4.53. The van der Waals surface area contributed by atoms with Gasteiger partial charge >= 0.3 is 5.69 Å². The molecule has 0 aliphatic heterocycles. The lowest BCUT2D eigenvalue weighted by molar-refractivity contribution is -0.384. The summed E-state index contributed by atoms with van der Waals surface area (Å²) >= 11 is 0. The van der Waals surface area contributed by atoms with Gasteiger partial charge in [-0.15, -0.1) is 4.68 Å². The maximum Gasteiger partial charge on any atom is 0.349 e. The van der Waals surface area contributed by atoms with Crippen molar-refractivity contribution >= 4 is 22.8 Å². The zero-order valence-corrected chi connectivity index (χ0v) is 16.1. The first kappa shape index (κ1) is 19.8. The lowest BCUT2D eigenvalue weighted by Crippen LogP contribution is -2.32. The molecule has 0 radical (unpaired) electrons. The minimum atomic E-state index is -0.649. The first-order valence-corrected chi connectivity index (χ1v) is 9.26. The van der Waals surface area contributed by atoms with Gasteiger partial charge in [0.15, 0.2) is 0 Å². The van der Waals surface area contributed by atoms with E-state index in [1.54, 1.807) is 60.7 Å². The predicted octanol–water partition coefficient (Wildman–Crippen LogP) is 3.06. The number of aromatic amines is 1. The Morgan fingerprint density at radius 3 is 2.48 bits per heavy atom. The molecule has 0 bridgehead atoms. The summed E-state index contributed by atoms with van der Waals surface area (Å²) in [5.74, 6) is 0.481. The first-order valence-electron chi connectivity index (χ1n) is 9.26. The summed E-state index contributed by atoms with van der Waals surface area (Å²) in [6.45, 7) is 0.180. The molecule has 0 atom stereocenters. The number of ether oxygens (including phenoxy) is 1. The Kier molecular flexibility index (Phi) is 5.39. The van der Waals surface area contributed by atoms with Crippen LogP contribution in [-0.4, -0.2) is 20.8 Å². The zero-order chi connectivity index (χ0) is 21.8. The number of fused-ring (bicyclic) bond motifs is 1. The molecule has 0 aliphatic rings. The number of hydrogen-bond acceptors (Lipinski definition) is 6. The van der Waals surface area contributed by atoms with E-state index in [-0.39, 0.29) is 12.3 Å². The lowest BCUT2D eigenvalue weighted by atomic mass is 10.2. The average Bonchev–Trinajstić information content (AvgIpc) is 2.78. The molecule has 0 aliphatic carbocycles. The molecule has 1 N–H and O–H groups in total. The highest BCUT2D eigenvalue weighted by Crippen LogP contribution is 2.19. The van der Waals surface area contributed by atoms with Crippen molar-refractivity contribution in [1.82, 2.24) is 9.66 Å². The molecule has 4 rings (SSSR count). The molecule has 0 unspecified atom stereocenters. The zero-order valence-electron chi connectivity index (χ0n) is 16.1. The normalized spacial score (nSPS) is 11.1. The number of nitro benzene ring substituents is 1. The lowest BCUT2D eigenvalue weighted by Gasteiger charge is -2.09. The predicted molar refractivity (Wildman–Crippen MR) is 116 cm³/mol. The van der Waals surface area contributed by atoms with E-state index in [1.807, 2.05) is 0 Å². The summed E-state index contributed by atoms with van der Waals surface area (Å²) in [5.41, 5.74) is 0.575. The van der Waals surface area contributed by atoms with Crippen LogP contribution in [0.25, 0.3) is 10.9 Å². The second kappa shape index (κ2) is 8.46. The molecule has 0 fully saturated rings. The van der Waals surface area contributed by atoms with Crippen molar-refractivity contribution < 1.29 is 9.66 Å². The number of nitrogens with one attached hydrogen (secondary N) is 1. The Balaban J connectivity index is 1.59. The number of hydrogen-bond donors (Lipinski definition) is 1. The number of non-ortho nitro benzene ring substituents is 1. The van der Waals surface area contributed by atoms with Gasteiger partial charge in [-0.05, 0) is 42.0 Å². The minimum Gasteiger partial charge on any atom is -0.488 e. The Morgan fingerprint density at radius 2 is 1.71 bits per heavy atom. The number of aromatic nitrogens is 2. The number of nitro groups is 1. The second-order valence-electron chi connectivity index (χ2n) is 6.59. The monoisotopic (exact) mass is 416 g/mol. The van der Waals surface area contributed by atoms with Gasteiger partial charge in [-0.1, -0.05) is 24.3 Å². The fourth-order valence-corrected chi connectivity index (χ4v) is 2.97. The smallest absolute Gasteiger partial charge is 0.349 e. The topological polar surface area (TPSA) is 120 Å². The maximum absolute atomic E-state index is 12.6.